The van der Waals surface area contributed by atoms with Crippen molar-refractivity contribution in [2.24, 2.45) is 0 Å². The fraction of sp³-hybridized carbons (Fsp3) is 0.167. The molecule has 0 aromatic heterocycles. The number of anilines is 1. The summed E-state index contributed by atoms with van der Waals surface area (Å²) in [5.41, 5.74) is 3.41. The van der Waals surface area contributed by atoms with E-state index >= 15 is 0 Å². The summed E-state index contributed by atoms with van der Waals surface area (Å²) in [5.74, 6) is -1.58. The number of esters is 1. The minimum atomic E-state index is -4.98. The van der Waals surface area contributed by atoms with Crippen molar-refractivity contribution in [3.05, 3.63) is 153 Å². The third-order valence-electron chi connectivity index (χ3n) is 11.4. The van der Waals surface area contributed by atoms with Gasteiger partial charge in [-0.15, -0.1) is 0 Å². The number of aromatic carboxylic acids is 1. The van der Waals surface area contributed by atoms with Crippen LogP contribution in [-0.4, -0.2) is 67.5 Å². The van der Waals surface area contributed by atoms with Crippen LogP contribution in [0.2, 0.25) is 0 Å². The third kappa shape index (κ3) is 7.09. The average molecular weight is 883 g/mol. The number of nitrogens with zero attached hydrogens (tertiary/aromatic N) is 2. The minimum absolute atomic E-state index is 0.0588. The SMILES string of the molecule is CCOc1ccc2c(c1CNC(=O)c1ccc(-c3c4ccc(=[N+](C)C)cc-4oc4cc(N(C)C)ccc34)c(C(=O)O)c1)Oc1cc(OP(=O)(O)O)ccc1C21OC(=O)c2ccccc21. The molecule has 3 heterocycles. The molecule has 0 radical (unpaired) electrons. The first-order valence-electron chi connectivity index (χ1n) is 20.1. The van der Waals surface area contributed by atoms with Gasteiger partial charge in [0.25, 0.3) is 5.91 Å². The molecular weight excluding hydrogens is 842 g/mol. The molecule has 64 heavy (non-hydrogen) atoms. The van der Waals surface area contributed by atoms with Crippen LogP contribution in [0.15, 0.2) is 114 Å². The molecule has 324 valence electrons. The van der Waals surface area contributed by atoms with Crippen molar-refractivity contribution >= 4 is 42.3 Å². The van der Waals surface area contributed by atoms with Crippen molar-refractivity contribution in [1.29, 1.82) is 0 Å². The van der Waals surface area contributed by atoms with E-state index in [1.54, 1.807) is 55.5 Å². The number of phosphoric ester groups is 1. The second kappa shape index (κ2) is 15.7. The molecule has 1 unspecified atom stereocenters. The normalized spacial score (nSPS) is 14.9. The molecule has 4 N–H and O–H groups in total. The van der Waals surface area contributed by atoms with E-state index in [2.05, 4.69) is 5.32 Å². The molecule has 1 aliphatic carbocycles. The van der Waals surface area contributed by atoms with Gasteiger partial charge in [0, 0.05) is 76.7 Å². The molecule has 0 fully saturated rings. The Hall–Kier alpha value is -7.45. The van der Waals surface area contributed by atoms with E-state index in [1.165, 1.54) is 24.3 Å². The van der Waals surface area contributed by atoms with Gasteiger partial charge in [-0.1, -0.05) is 24.3 Å². The van der Waals surface area contributed by atoms with E-state index in [0.717, 1.165) is 11.0 Å². The lowest BCUT2D eigenvalue weighted by Gasteiger charge is -2.37. The van der Waals surface area contributed by atoms with Crippen molar-refractivity contribution in [2.75, 3.05) is 39.7 Å². The number of hydrogen-bond donors (Lipinski definition) is 4. The van der Waals surface area contributed by atoms with Gasteiger partial charge >= 0.3 is 19.8 Å². The van der Waals surface area contributed by atoms with Gasteiger partial charge in [-0.3, -0.25) is 14.6 Å². The van der Waals surface area contributed by atoms with Crippen LogP contribution in [0.25, 0.3) is 33.4 Å². The van der Waals surface area contributed by atoms with E-state index in [0.29, 0.717) is 67.0 Å². The number of amides is 1. The molecule has 16 heteroatoms. The molecule has 0 saturated carbocycles. The summed E-state index contributed by atoms with van der Waals surface area (Å²) in [6.07, 6.45) is 0. The molecule has 1 spiro atoms. The number of carboxylic acid groups (broad SMARTS) is 1. The highest BCUT2D eigenvalue weighted by molar-refractivity contribution is 7.46. The maximum absolute atomic E-state index is 14.2. The summed E-state index contributed by atoms with van der Waals surface area (Å²) < 4.78 is 43.9. The third-order valence-corrected chi connectivity index (χ3v) is 11.8. The van der Waals surface area contributed by atoms with Crippen LogP contribution < -0.4 is 34.1 Å². The number of hydrogen-bond acceptors (Lipinski definition) is 10. The Morgan fingerprint density at radius 3 is 2.36 bits per heavy atom. The molecule has 4 aliphatic rings. The van der Waals surface area contributed by atoms with Crippen molar-refractivity contribution in [1.82, 2.24) is 9.89 Å². The monoisotopic (exact) mass is 882 g/mol. The highest BCUT2D eigenvalue weighted by Crippen LogP contribution is 2.58. The minimum Gasteiger partial charge on any atom is -0.493 e. The van der Waals surface area contributed by atoms with Crippen molar-refractivity contribution < 1.29 is 57.0 Å². The number of carboxylic acids is 1. The Bertz CT molecular complexity index is 3200. The fourth-order valence-electron chi connectivity index (χ4n) is 8.47. The van der Waals surface area contributed by atoms with Gasteiger partial charge in [-0.05, 0) is 73.2 Å². The van der Waals surface area contributed by atoms with Crippen molar-refractivity contribution in [2.45, 2.75) is 19.1 Å². The number of benzene rings is 6. The Kier molecular flexibility index (Phi) is 10.3. The summed E-state index contributed by atoms with van der Waals surface area (Å²) in [5, 5.41) is 15.2. The van der Waals surface area contributed by atoms with Gasteiger partial charge in [-0.2, -0.15) is 0 Å². The van der Waals surface area contributed by atoms with E-state index in [1.807, 2.05) is 74.1 Å². The van der Waals surface area contributed by atoms with Crippen LogP contribution in [0.1, 0.15) is 60.3 Å². The summed E-state index contributed by atoms with van der Waals surface area (Å²) in [6.45, 7) is 1.80. The van der Waals surface area contributed by atoms with Crippen molar-refractivity contribution in [3.63, 3.8) is 0 Å². The lowest BCUT2D eigenvalue weighted by molar-refractivity contribution is 0.0223. The number of nitrogens with one attached hydrogen (secondary N) is 1. The number of fused-ring (bicyclic) bond motifs is 8. The van der Waals surface area contributed by atoms with Gasteiger partial charge in [0.2, 0.25) is 5.36 Å². The second-order valence-electron chi connectivity index (χ2n) is 15.7. The van der Waals surface area contributed by atoms with Crippen LogP contribution in [0.3, 0.4) is 0 Å². The lowest BCUT2D eigenvalue weighted by atomic mass is 9.77. The molecule has 5 aromatic carbocycles. The quantitative estimate of drug-likeness (QED) is 0.0460. The molecule has 5 aromatic rings. The van der Waals surface area contributed by atoms with Gasteiger partial charge in [0.1, 0.15) is 48.4 Å². The van der Waals surface area contributed by atoms with Crippen LogP contribution in [0, 0.1) is 0 Å². The molecule has 1 amide bonds. The lowest BCUT2D eigenvalue weighted by Crippen LogP contribution is -2.34. The molecule has 0 saturated heterocycles. The van der Waals surface area contributed by atoms with Crippen LogP contribution in [-0.2, 0) is 21.4 Å². The topological polar surface area (TPSA) is 197 Å². The number of rotatable bonds is 10. The number of ether oxygens (including phenoxy) is 3. The molecular formula is C48H41N3O12P+. The van der Waals surface area contributed by atoms with Crippen LogP contribution >= 0.6 is 7.82 Å². The molecule has 15 nitrogen and oxygen atoms in total. The summed E-state index contributed by atoms with van der Waals surface area (Å²) in [6, 6.07) is 30.3. The maximum atomic E-state index is 14.2. The fourth-order valence-corrected chi connectivity index (χ4v) is 8.86. The first-order chi connectivity index (χ1) is 30.6. The van der Waals surface area contributed by atoms with E-state index in [9.17, 15) is 33.8 Å². The van der Waals surface area contributed by atoms with Crippen LogP contribution in [0.4, 0.5) is 5.69 Å². The molecule has 1 atom stereocenters. The van der Waals surface area contributed by atoms with Gasteiger partial charge in [-0.25, -0.2) is 18.7 Å². The Morgan fingerprint density at radius 2 is 1.62 bits per heavy atom. The molecule has 9 rings (SSSR count). The predicted molar refractivity (Wildman–Crippen MR) is 236 cm³/mol. The van der Waals surface area contributed by atoms with Crippen molar-refractivity contribution in [3.8, 4) is 45.4 Å². The van der Waals surface area contributed by atoms with Gasteiger partial charge in [0.05, 0.1) is 35.9 Å². The van der Waals surface area contributed by atoms with E-state index < -0.39 is 31.3 Å². The molecule has 3 aliphatic heterocycles. The zero-order valence-electron chi connectivity index (χ0n) is 35.2. The first kappa shape index (κ1) is 41.9. The summed E-state index contributed by atoms with van der Waals surface area (Å²) in [7, 11) is 2.69. The summed E-state index contributed by atoms with van der Waals surface area (Å²) in [4.78, 5) is 61.9. The zero-order chi connectivity index (χ0) is 45.2. The maximum Gasteiger partial charge on any atom is 0.524 e. The van der Waals surface area contributed by atoms with E-state index in [4.69, 9.17) is 23.2 Å². The van der Waals surface area contributed by atoms with Gasteiger partial charge in [0.15, 0.2) is 5.60 Å². The average Bonchev–Trinajstić information content (AvgIpc) is 3.55. The smallest absolute Gasteiger partial charge is 0.493 e. The second-order valence-corrected chi connectivity index (χ2v) is 16.8. The standard InChI is InChI=1S/C48H40N3O12P/c1-6-59-39-20-19-38-44(61-42-24-29(63-64(56,57)58)14-18-37(42)48(38)36-10-8-7-9-31(36)47(55)62-48)35(39)25-49-45(52)26-11-15-30(34(21-26)46(53)54)43-32-16-12-27(50(2)3)22-40(32)60-41-23-28(51(4)5)13-17-33(41)43/h7-24H,6,25H2,1-5H3,(H3-,49,52,53,54,56,57,58)/p+1. The van der Waals surface area contributed by atoms with Crippen LogP contribution in [0.5, 0.6) is 23.0 Å². The number of phosphoric acid groups is 1. The Balaban J connectivity index is 1.13. The zero-order valence-corrected chi connectivity index (χ0v) is 36.1. The number of carbonyl (C=O) groups is 3. The number of carbonyl (C=O) groups excluding carboxylic acids is 2. The summed E-state index contributed by atoms with van der Waals surface area (Å²) >= 11 is 0. The predicted octanol–water partition coefficient (Wildman–Crippen LogP) is 7.37. The Labute approximate surface area is 365 Å². The van der Waals surface area contributed by atoms with Gasteiger partial charge < -0.3 is 38.5 Å². The molecule has 0 bridgehead atoms. The van der Waals surface area contributed by atoms with E-state index in [-0.39, 0.29) is 41.5 Å². The largest absolute Gasteiger partial charge is 0.524 e. The first-order valence-corrected chi connectivity index (χ1v) is 21.6. The highest BCUT2D eigenvalue weighted by Gasteiger charge is 2.54. The highest BCUT2D eigenvalue weighted by atomic mass is 31.2. The Morgan fingerprint density at radius 1 is 0.859 bits per heavy atom.